The number of carbonyl (C=O) groups is 1. The molecule has 0 aliphatic carbocycles. The van der Waals surface area contributed by atoms with Crippen molar-refractivity contribution in [2.45, 2.75) is 31.9 Å². The molecule has 1 aromatic heterocycles. The Labute approximate surface area is 123 Å². The van der Waals surface area contributed by atoms with Gasteiger partial charge in [-0.1, -0.05) is 18.2 Å². The fourth-order valence-electron chi connectivity index (χ4n) is 2.64. The maximum atomic E-state index is 12.5. The quantitative estimate of drug-likeness (QED) is 0.886. The number of nitrogens with one attached hydrogen (secondary N) is 1. The van der Waals surface area contributed by atoms with Gasteiger partial charge in [0.05, 0.1) is 17.2 Å². The summed E-state index contributed by atoms with van der Waals surface area (Å²) in [5.41, 5.74) is 7.28. The number of pyridine rings is 1. The lowest BCUT2D eigenvalue weighted by Gasteiger charge is -2.28. The van der Waals surface area contributed by atoms with Crippen LogP contribution in [0.15, 0.2) is 30.3 Å². The van der Waals surface area contributed by atoms with Gasteiger partial charge >= 0.3 is 0 Å². The zero-order valence-electron chi connectivity index (χ0n) is 12.2. The van der Waals surface area contributed by atoms with E-state index in [4.69, 9.17) is 10.5 Å². The molecule has 0 saturated carbocycles. The van der Waals surface area contributed by atoms with E-state index >= 15 is 0 Å². The summed E-state index contributed by atoms with van der Waals surface area (Å²) in [4.78, 5) is 16.9. The van der Waals surface area contributed by atoms with E-state index < -0.39 is 0 Å². The first-order valence-electron chi connectivity index (χ1n) is 7.09. The zero-order valence-corrected chi connectivity index (χ0v) is 12.2. The summed E-state index contributed by atoms with van der Waals surface area (Å²) in [7, 11) is 0. The lowest BCUT2D eigenvalue weighted by molar-refractivity contribution is 0.0724. The minimum Gasteiger partial charge on any atom is -0.398 e. The molecule has 2 aromatic rings. The molecule has 0 radical (unpaired) electrons. The number of nitrogens with two attached hydrogens (primary N) is 1. The molecular formula is C16H19N3O2. The first-order chi connectivity index (χ1) is 9.99. The number of hydrogen-bond acceptors (Lipinski definition) is 4. The Balaban J connectivity index is 1.91. The maximum Gasteiger partial charge on any atom is 0.270 e. The third-order valence-corrected chi connectivity index (χ3v) is 4.27. The van der Waals surface area contributed by atoms with Crippen LogP contribution in [0.4, 0.5) is 5.69 Å². The van der Waals surface area contributed by atoms with Gasteiger partial charge in [-0.15, -0.1) is 0 Å². The Kier molecular flexibility index (Phi) is 3.29. The van der Waals surface area contributed by atoms with Crippen molar-refractivity contribution in [2.24, 2.45) is 0 Å². The van der Waals surface area contributed by atoms with Crippen molar-refractivity contribution in [2.75, 3.05) is 12.3 Å². The van der Waals surface area contributed by atoms with Gasteiger partial charge in [-0.05, 0) is 32.4 Å². The Morgan fingerprint density at radius 3 is 2.95 bits per heavy atom. The summed E-state index contributed by atoms with van der Waals surface area (Å²) >= 11 is 0. The van der Waals surface area contributed by atoms with E-state index in [9.17, 15) is 4.79 Å². The number of para-hydroxylation sites is 1. The summed E-state index contributed by atoms with van der Waals surface area (Å²) in [5.74, 6) is -0.215. The van der Waals surface area contributed by atoms with Gasteiger partial charge in [-0.2, -0.15) is 0 Å². The highest BCUT2D eigenvalue weighted by Gasteiger charge is 2.38. The highest BCUT2D eigenvalue weighted by atomic mass is 16.5. The molecule has 1 amide bonds. The topological polar surface area (TPSA) is 77.2 Å². The molecule has 1 aliphatic rings. The number of anilines is 1. The van der Waals surface area contributed by atoms with Gasteiger partial charge in [0.2, 0.25) is 0 Å². The number of aromatic nitrogens is 1. The zero-order chi connectivity index (χ0) is 15.0. The molecule has 1 saturated heterocycles. The van der Waals surface area contributed by atoms with Crippen LogP contribution >= 0.6 is 0 Å². The van der Waals surface area contributed by atoms with Crippen LogP contribution in [-0.2, 0) is 4.74 Å². The predicted molar refractivity (Wildman–Crippen MR) is 82.1 cm³/mol. The van der Waals surface area contributed by atoms with Crippen LogP contribution in [0.5, 0.6) is 0 Å². The second-order valence-electron chi connectivity index (χ2n) is 5.75. The molecule has 1 fully saturated rings. The normalized spacial score (nSPS) is 25.1. The van der Waals surface area contributed by atoms with Crippen LogP contribution in [0.1, 0.15) is 30.8 Å². The van der Waals surface area contributed by atoms with E-state index in [2.05, 4.69) is 10.3 Å². The fourth-order valence-corrected chi connectivity index (χ4v) is 2.64. The third kappa shape index (κ3) is 2.45. The standard InChI is InChI=1S/C16H19N3O2/c1-10-16(2,7-8-21-10)19-15(20)14-9-12(17)11-5-3-4-6-13(11)18-14/h3-6,9-10H,7-8H2,1-2H3,(H2,17,18)(H,19,20). The Bertz CT molecular complexity index is 701. The average molecular weight is 285 g/mol. The highest BCUT2D eigenvalue weighted by Crippen LogP contribution is 2.26. The second-order valence-corrected chi connectivity index (χ2v) is 5.75. The van der Waals surface area contributed by atoms with E-state index in [0.717, 1.165) is 17.3 Å². The van der Waals surface area contributed by atoms with Gasteiger partial charge in [0.1, 0.15) is 5.69 Å². The molecule has 2 heterocycles. The van der Waals surface area contributed by atoms with E-state index in [1.165, 1.54) is 0 Å². The SMILES string of the molecule is CC1OCCC1(C)NC(=O)c1cc(N)c2ccccc2n1. The van der Waals surface area contributed by atoms with Crippen molar-refractivity contribution < 1.29 is 9.53 Å². The molecule has 21 heavy (non-hydrogen) atoms. The molecular weight excluding hydrogens is 266 g/mol. The van der Waals surface area contributed by atoms with Gasteiger partial charge in [0.15, 0.2) is 0 Å². The third-order valence-electron chi connectivity index (χ3n) is 4.27. The highest BCUT2D eigenvalue weighted by molar-refractivity contribution is 5.99. The van der Waals surface area contributed by atoms with Crippen molar-refractivity contribution in [1.29, 1.82) is 0 Å². The summed E-state index contributed by atoms with van der Waals surface area (Å²) in [6.45, 7) is 4.62. The minimum absolute atomic E-state index is 0.0146. The first-order valence-corrected chi connectivity index (χ1v) is 7.09. The summed E-state index contributed by atoms with van der Waals surface area (Å²) < 4.78 is 5.54. The van der Waals surface area contributed by atoms with Crippen LogP contribution in [-0.4, -0.2) is 29.1 Å². The van der Waals surface area contributed by atoms with Crippen molar-refractivity contribution in [3.8, 4) is 0 Å². The van der Waals surface area contributed by atoms with Crippen molar-refractivity contribution in [3.05, 3.63) is 36.0 Å². The van der Waals surface area contributed by atoms with Gasteiger partial charge in [0, 0.05) is 17.7 Å². The molecule has 5 nitrogen and oxygen atoms in total. The molecule has 3 rings (SSSR count). The molecule has 1 aromatic carbocycles. The number of ether oxygens (including phenoxy) is 1. The van der Waals surface area contributed by atoms with E-state index in [-0.39, 0.29) is 17.6 Å². The number of carbonyl (C=O) groups excluding carboxylic acids is 1. The lowest BCUT2D eigenvalue weighted by Crippen LogP contribution is -2.50. The number of nitrogen functional groups attached to an aromatic ring is 1. The van der Waals surface area contributed by atoms with Crippen molar-refractivity contribution in [1.82, 2.24) is 10.3 Å². The number of fused-ring (bicyclic) bond motifs is 1. The minimum atomic E-state index is -0.362. The maximum absolute atomic E-state index is 12.5. The molecule has 110 valence electrons. The van der Waals surface area contributed by atoms with Crippen LogP contribution in [0.25, 0.3) is 10.9 Å². The molecule has 5 heteroatoms. The summed E-state index contributed by atoms with van der Waals surface area (Å²) in [6, 6.07) is 9.16. The van der Waals surface area contributed by atoms with Crippen LogP contribution in [0.2, 0.25) is 0 Å². The number of nitrogens with zero attached hydrogens (tertiary/aromatic N) is 1. The van der Waals surface area contributed by atoms with Crippen LogP contribution < -0.4 is 11.1 Å². The van der Waals surface area contributed by atoms with Crippen molar-refractivity contribution in [3.63, 3.8) is 0 Å². The van der Waals surface area contributed by atoms with Gasteiger partial charge in [-0.3, -0.25) is 4.79 Å². The van der Waals surface area contributed by atoms with E-state index in [1.807, 2.05) is 38.1 Å². The number of hydrogen-bond donors (Lipinski definition) is 2. The van der Waals surface area contributed by atoms with Crippen LogP contribution in [0.3, 0.4) is 0 Å². The molecule has 2 unspecified atom stereocenters. The molecule has 2 atom stereocenters. The Hall–Kier alpha value is -2.14. The largest absolute Gasteiger partial charge is 0.398 e. The van der Waals surface area contributed by atoms with Gasteiger partial charge < -0.3 is 15.8 Å². The van der Waals surface area contributed by atoms with E-state index in [1.54, 1.807) is 6.07 Å². The van der Waals surface area contributed by atoms with Crippen molar-refractivity contribution >= 4 is 22.5 Å². The predicted octanol–water partition coefficient (Wildman–Crippen LogP) is 2.11. The van der Waals surface area contributed by atoms with Crippen LogP contribution in [0, 0.1) is 0 Å². The fraction of sp³-hybridized carbons (Fsp3) is 0.375. The first kappa shape index (κ1) is 13.8. The van der Waals surface area contributed by atoms with Gasteiger partial charge in [-0.25, -0.2) is 4.98 Å². The second kappa shape index (κ2) is 5.00. The lowest BCUT2D eigenvalue weighted by atomic mass is 9.94. The number of benzene rings is 1. The van der Waals surface area contributed by atoms with Gasteiger partial charge in [0.25, 0.3) is 5.91 Å². The average Bonchev–Trinajstić information content (AvgIpc) is 2.78. The van der Waals surface area contributed by atoms with E-state index in [0.29, 0.717) is 18.0 Å². The Morgan fingerprint density at radius 1 is 1.48 bits per heavy atom. The molecule has 0 bridgehead atoms. The summed E-state index contributed by atoms with van der Waals surface area (Å²) in [5, 5.41) is 3.89. The smallest absolute Gasteiger partial charge is 0.270 e. The molecule has 1 aliphatic heterocycles. The number of amides is 1. The monoisotopic (exact) mass is 285 g/mol. The Morgan fingerprint density at radius 2 is 2.24 bits per heavy atom. The summed E-state index contributed by atoms with van der Waals surface area (Å²) in [6.07, 6.45) is 0.780. The number of rotatable bonds is 2. The molecule has 0 spiro atoms. The molecule has 3 N–H and O–H groups in total.